The molecule has 0 amide bonds. The molecule has 2 rings (SSSR count). The highest BCUT2D eigenvalue weighted by Gasteiger charge is 2.17. The maximum Gasteiger partial charge on any atom is 0.0169 e. The lowest BCUT2D eigenvalue weighted by Crippen LogP contribution is -2.41. The van der Waals surface area contributed by atoms with Crippen LogP contribution in [0.2, 0.25) is 0 Å². The monoisotopic (exact) mass is 272 g/mol. The van der Waals surface area contributed by atoms with E-state index in [1.54, 1.807) is 0 Å². The Morgan fingerprint density at radius 3 is 2.75 bits per heavy atom. The normalized spacial score (nSPS) is 20.1. The van der Waals surface area contributed by atoms with Crippen LogP contribution >= 0.6 is 0 Å². The standard InChI is InChI=1S/C18H28N2/c1-16(2)20(15-18-10-6-12-19-14-18)13-7-11-17-8-4-3-5-9-17/h3-5,7-9,11,16,18-19H,6,10,12-15H2,1-2H3/b11-7+. The fourth-order valence-corrected chi connectivity index (χ4v) is 2.80. The Balaban J connectivity index is 1.84. The first-order valence-electron chi connectivity index (χ1n) is 7.92. The number of benzene rings is 1. The van der Waals surface area contributed by atoms with E-state index in [9.17, 15) is 0 Å². The van der Waals surface area contributed by atoms with E-state index in [0.29, 0.717) is 6.04 Å². The van der Waals surface area contributed by atoms with Crippen molar-refractivity contribution in [3.63, 3.8) is 0 Å². The van der Waals surface area contributed by atoms with Gasteiger partial charge in [0, 0.05) is 19.1 Å². The topological polar surface area (TPSA) is 15.3 Å². The molecule has 0 spiro atoms. The van der Waals surface area contributed by atoms with E-state index in [2.05, 4.69) is 66.5 Å². The predicted molar refractivity (Wildman–Crippen MR) is 87.8 cm³/mol. The van der Waals surface area contributed by atoms with Crippen LogP contribution in [0, 0.1) is 5.92 Å². The third-order valence-corrected chi connectivity index (χ3v) is 4.07. The summed E-state index contributed by atoms with van der Waals surface area (Å²) >= 11 is 0. The summed E-state index contributed by atoms with van der Waals surface area (Å²) in [5, 5.41) is 3.52. The largest absolute Gasteiger partial charge is 0.316 e. The summed E-state index contributed by atoms with van der Waals surface area (Å²) < 4.78 is 0. The molecule has 0 bridgehead atoms. The van der Waals surface area contributed by atoms with Gasteiger partial charge < -0.3 is 5.32 Å². The average Bonchev–Trinajstić information content (AvgIpc) is 2.48. The number of rotatable bonds is 6. The Hall–Kier alpha value is -1.12. The number of piperidine rings is 1. The second-order valence-corrected chi connectivity index (χ2v) is 6.07. The third kappa shape index (κ3) is 5.10. The van der Waals surface area contributed by atoms with Gasteiger partial charge >= 0.3 is 0 Å². The van der Waals surface area contributed by atoms with Gasteiger partial charge in [0.1, 0.15) is 0 Å². The van der Waals surface area contributed by atoms with Gasteiger partial charge in [-0.15, -0.1) is 0 Å². The second-order valence-electron chi connectivity index (χ2n) is 6.07. The minimum Gasteiger partial charge on any atom is -0.316 e. The number of nitrogens with zero attached hydrogens (tertiary/aromatic N) is 1. The van der Waals surface area contributed by atoms with E-state index in [-0.39, 0.29) is 0 Å². The van der Waals surface area contributed by atoms with Crippen molar-refractivity contribution >= 4 is 6.08 Å². The Morgan fingerprint density at radius 1 is 1.30 bits per heavy atom. The molecule has 20 heavy (non-hydrogen) atoms. The van der Waals surface area contributed by atoms with E-state index in [1.807, 2.05) is 0 Å². The number of hydrogen-bond acceptors (Lipinski definition) is 2. The third-order valence-electron chi connectivity index (χ3n) is 4.07. The lowest BCUT2D eigenvalue weighted by molar-refractivity contribution is 0.188. The van der Waals surface area contributed by atoms with E-state index >= 15 is 0 Å². The molecule has 1 unspecified atom stereocenters. The van der Waals surface area contributed by atoms with Gasteiger partial charge in [-0.2, -0.15) is 0 Å². The van der Waals surface area contributed by atoms with Crippen molar-refractivity contribution in [2.75, 3.05) is 26.2 Å². The first-order chi connectivity index (χ1) is 9.75. The summed E-state index contributed by atoms with van der Waals surface area (Å²) in [6, 6.07) is 11.2. The summed E-state index contributed by atoms with van der Waals surface area (Å²) in [7, 11) is 0. The van der Waals surface area contributed by atoms with Gasteiger partial charge in [0.2, 0.25) is 0 Å². The van der Waals surface area contributed by atoms with E-state index in [1.165, 1.54) is 38.0 Å². The first-order valence-corrected chi connectivity index (χ1v) is 7.92. The van der Waals surface area contributed by atoms with Crippen molar-refractivity contribution in [3.8, 4) is 0 Å². The molecule has 1 aliphatic heterocycles. The Morgan fingerprint density at radius 2 is 2.10 bits per heavy atom. The van der Waals surface area contributed by atoms with Crippen molar-refractivity contribution in [2.45, 2.75) is 32.7 Å². The minimum atomic E-state index is 0.609. The zero-order valence-electron chi connectivity index (χ0n) is 12.9. The van der Waals surface area contributed by atoms with Gasteiger partial charge in [-0.1, -0.05) is 42.5 Å². The van der Waals surface area contributed by atoms with Crippen LogP contribution in [-0.4, -0.2) is 37.1 Å². The van der Waals surface area contributed by atoms with Crippen molar-refractivity contribution < 1.29 is 0 Å². The van der Waals surface area contributed by atoms with Crippen LogP contribution in [0.25, 0.3) is 6.08 Å². The maximum atomic E-state index is 3.52. The van der Waals surface area contributed by atoms with Crippen LogP contribution in [0.1, 0.15) is 32.3 Å². The molecule has 0 aromatic heterocycles. The van der Waals surface area contributed by atoms with Gasteiger partial charge in [-0.3, -0.25) is 4.90 Å². The average molecular weight is 272 g/mol. The molecule has 110 valence electrons. The zero-order chi connectivity index (χ0) is 14.2. The van der Waals surface area contributed by atoms with E-state index in [0.717, 1.165) is 12.5 Å². The van der Waals surface area contributed by atoms with E-state index in [4.69, 9.17) is 0 Å². The Bertz CT molecular complexity index is 391. The van der Waals surface area contributed by atoms with Crippen molar-refractivity contribution in [2.24, 2.45) is 5.92 Å². The minimum absolute atomic E-state index is 0.609. The van der Waals surface area contributed by atoms with Crippen molar-refractivity contribution in [1.29, 1.82) is 0 Å². The fourth-order valence-electron chi connectivity index (χ4n) is 2.80. The number of nitrogens with one attached hydrogen (secondary N) is 1. The molecule has 1 atom stereocenters. The zero-order valence-corrected chi connectivity index (χ0v) is 12.9. The fraction of sp³-hybridized carbons (Fsp3) is 0.556. The first kappa shape index (κ1) is 15.3. The summed E-state index contributed by atoms with van der Waals surface area (Å²) in [4.78, 5) is 2.58. The summed E-state index contributed by atoms with van der Waals surface area (Å²) in [6.45, 7) is 9.24. The van der Waals surface area contributed by atoms with Crippen molar-refractivity contribution in [3.05, 3.63) is 42.0 Å². The Labute approximate surface area is 123 Å². The van der Waals surface area contributed by atoms with Crippen LogP contribution in [0.15, 0.2) is 36.4 Å². The molecule has 1 saturated heterocycles. The van der Waals surface area contributed by atoms with Gasteiger partial charge in [-0.25, -0.2) is 0 Å². The smallest absolute Gasteiger partial charge is 0.0169 e. The SMILES string of the molecule is CC(C)N(C/C=C/c1ccccc1)CC1CCCNC1. The van der Waals surface area contributed by atoms with Gasteiger partial charge in [0.25, 0.3) is 0 Å². The molecule has 2 heteroatoms. The number of hydrogen-bond donors (Lipinski definition) is 1. The molecule has 0 saturated carbocycles. The van der Waals surface area contributed by atoms with Crippen LogP contribution in [0.5, 0.6) is 0 Å². The maximum absolute atomic E-state index is 3.52. The van der Waals surface area contributed by atoms with Crippen LogP contribution in [0.4, 0.5) is 0 Å². The second kappa shape index (κ2) is 8.23. The van der Waals surface area contributed by atoms with E-state index < -0.39 is 0 Å². The quantitative estimate of drug-likeness (QED) is 0.853. The van der Waals surface area contributed by atoms with Gasteiger partial charge in [0.15, 0.2) is 0 Å². The molecule has 1 N–H and O–H groups in total. The molecular formula is C18H28N2. The lowest BCUT2D eigenvalue weighted by Gasteiger charge is -2.32. The van der Waals surface area contributed by atoms with Gasteiger partial charge in [0.05, 0.1) is 0 Å². The highest BCUT2D eigenvalue weighted by Crippen LogP contribution is 2.13. The predicted octanol–water partition coefficient (Wildman–Crippen LogP) is 3.41. The summed E-state index contributed by atoms with van der Waals surface area (Å²) in [6.07, 6.45) is 7.23. The van der Waals surface area contributed by atoms with Gasteiger partial charge in [-0.05, 0) is 51.3 Å². The molecular weight excluding hydrogens is 244 g/mol. The highest BCUT2D eigenvalue weighted by atomic mass is 15.1. The molecule has 0 radical (unpaired) electrons. The molecule has 1 aromatic rings. The van der Waals surface area contributed by atoms with Crippen LogP contribution in [0.3, 0.4) is 0 Å². The lowest BCUT2D eigenvalue weighted by atomic mass is 9.98. The molecule has 1 heterocycles. The molecule has 1 fully saturated rings. The molecule has 2 nitrogen and oxygen atoms in total. The van der Waals surface area contributed by atoms with Crippen LogP contribution < -0.4 is 5.32 Å². The Kier molecular flexibility index (Phi) is 6.28. The van der Waals surface area contributed by atoms with Crippen molar-refractivity contribution in [1.82, 2.24) is 10.2 Å². The summed E-state index contributed by atoms with van der Waals surface area (Å²) in [5.74, 6) is 0.816. The highest BCUT2D eigenvalue weighted by molar-refractivity contribution is 5.48. The summed E-state index contributed by atoms with van der Waals surface area (Å²) in [5.41, 5.74) is 1.29. The molecule has 1 aromatic carbocycles. The molecule has 1 aliphatic rings. The molecule has 0 aliphatic carbocycles. The van der Waals surface area contributed by atoms with Crippen LogP contribution in [-0.2, 0) is 0 Å².